The molecule has 0 unspecified atom stereocenters. The van der Waals surface area contributed by atoms with Crippen molar-refractivity contribution in [3.8, 4) is 5.75 Å². The average Bonchev–Trinajstić information content (AvgIpc) is 2.50. The average molecular weight is 279 g/mol. The Balaban J connectivity index is 1.70. The number of rotatable bonds is 4. The molecule has 0 saturated heterocycles. The van der Waals surface area contributed by atoms with Crippen molar-refractivity contribution in [2.45, 2.75) is 13.3 Å². The molecule has 21 heavy (non-hydrogen) atoms. The van der Waals surface area contributed by atoms with Crippen LogP contribution in [0.2, 0.25) is 0 Å². The first-order valence-corrected chi connectivity index (χ1v) is 6.97. The molecule has 0 aliphatic carbocycles. The van der Waals surface area contributed by atoms with Crippen LogP contribution in [0, 0.1) is 6.92 Å². The maximum atomic E-state index is 9.26. The lowest BCUT2D eigenvalue weighted by Crippen LogP contribution is -2.08. The third-order valence-electron chi connectivity index (χ3n) is 3.39. The summed E-state index contributed by atoms with van der Waals surface area (Å²) >= 11 is 0. The normalized spacial score (nSPS) is 10.7. The highest BCUT2D eigenvalue weighted by atomic mass is 16.3. The van der Waals surface area contributed by atoms with Gasteiger partial charge in [-0.15, -0.1) is 0 Å². The summed E-state index contributed by atoms with van der Waals surface area (Å²) in [5.41, 5.74) is 3.89. The van der Waals surface area contributed by atoms with Crippen LogP contribution >= 0.6 is 0 Å². The first-order valence-electron chi connectivity index (χ1n) is 6.97. The van der Waals surface area contributed by atoms with Crippen LogP contribution in [0.3, 0.4) is 0 Å². The minimum Gasteiger partial charge on any atom is -0.508 e. The summed E-state index contributed by atoms with van der Waals surface area (Å²) < 4.78 is 0. The molecule has 0 saturated carbocycles. The zero-order chi connectivity index (χ0) is 14.7. The van der Waals surface area contributed by atoms with Gasteiger partial charge in [0.25, 0.3) is 0 Å². The lowest BCUT2D eigenvalue weighted by Gasteiger charge is -2.09. The lowest BCUT2D eigenvalue weighted by atomic mass is 10.1. The van der Waals surface area contributed by atoms with Gasteiger partial charge in [0.05, 0.1) is 16.7 Å². The van der Waals surface area contributed by atoms with E-state index in [1.807, 2.05) is 43.3 Å². The highest BCUT2D eigenvalue weighted by Crippen LogP contribution is 2.16. The molecule has 106 valence electrons. The molecule has 0 aliphatic heterocycles. The summed E-state index contributed by atoms with van der Waals surface area (Å²) in [5, 5.41) is 12.6. The number of nitrogens with one attached hydrogen (secondary N) is 1. The van der Waals surface area contributed by atoms with Crippen molar-refractivity contribution in [3.05, 3.63) is 59.8 Å². The number of fused-ring (bicyclic) bond motifs is 1. The zero-order valence-electron chi connectivity index (χ0n) is 11.9. The molecule has 2 N–H and O–H groups in total. The van der Waals surface area contributed by atoms with E-state index < -0.39 is 0 Å². The molecular weight excluding hydrogens is 262 g/mol. The molecule has 1 heterocycles. The lowest BCUT2D eigenvalue weighted by molar-refractivity contribution is 0.475. The van der Waals surface area contributed by atoms with Crippen molar-refractivity contribution in [1.29, 1.82) is 0 Å². The SMILES string of the molecule is Cc1nc2ccccc2nc1NCCc1ccc(O)cc1. The van der Waals surface area contributed by atoms with Crippen molar-refractivity contribution in [2.75, 3.05) is 11.9 Å². The molecule has 3 aromatic rings. The van der Waals surface area contributed by atoms with Crippen LogP contribution in [-0.2, 0) is 6.42 Å². The van der Waals surface area contributed by atoms with Gasteiger partial charge in [0.1, 0.15) is 11.6 Å². The van der Waals surface area contributed by atoms with E-state index in [4.69, 9.17) is 0 Å². The van der Waals surface area contributed by atoms with Crippen molar-refractivity contribution in [2.24, 2.45) is 0 Å². The van der Waals surface area contributed by atoms with Crippen LogP contribution in [0.4, 0.5) is 5.82 Å². The number of anilines is 1. The maximum Gasteiger partial charge on any atom is 0.148 e. The number of hydrogen-bond donors (Lipinski definition) is 2. The Kier molecular flexibility index (Phi) is 3.69. The number of nitrogens with zero attached hydrogens (tertiary/aromatic N) is 2. The summed E-state index contributed by atoms with van der Waals surface area (Å²) in [6.45, 7) is 2.74. The third-order valence-corrected chi connectivity index (χ3v) is 3.39. The number of para-hydroxylation sites is 2. The van der Waals surface area contributed by atoms with E-state index in [9.17, 15) is 5.11 Å². The number of aromatic nitrogens is 2. The highest BCUT2D eigenvalue weighted by Gasteiger charge is 2.04. The molecule has 2 aromatic carbocycles. The largest absolute Gasteiger partial charge is 0.508 e. The minimum absolute atomic E-state index is 0.294. The topological polar surface area (TPSA) is 58.0 Å². The summed E-state index contributed by atoms with van der Waals surface area (Å²) in [7, 11) is 0. The van der Waals surface area contributed by atoms with E-state index in [1.165, 1.54) is 5.56 Å². The van der Waals surface area contributed by atoms with Crippen LogP contribution in [0.1, 0.15) is 11.3 Å². The predicted molar refractivity (Wildman–Crippen MR) is 84.6 cm³/mol. The molecule has 0 radical (unpaired) electrons. The Morgan fingerprint density at radius 2 is 1.62 bits per heavy atom. The molecule has 0 atom stereocenters. The van der Waals surface area contributed by atoms with Crippen LogP contribution in [0.5, 0.6) is 5.75 Å². The van der Waals surface area contributed by atoms with Crippen LogP contribution < -0.4 is 5.32 Å². The monoisotopic (exact) mass is 279 g/mol. The Morgan fingerprint density at radius 3 is 2.33 bits per heavy atom. The van der Waals surface area contributed by atoms with Gasteiger partial charge in [0.15, 0.2) is 0 Å². The molecule has 4 heteroatoms. The number of benzene rings is 2. The Bertz CT molecular complexity index is 754. The number of aryl methyl sites for hydroxylation is 1. The Labute approximate surface area is 123 Å². The second-order valence-corrected chi connectivity index (χ2v) is 4.99. The van der Waals surface area contributed by atoms with Gasteiger partial charge in [-0.1, -0.05) is 24.3 Å². The van der Waals surface area contributed by atoms with E-state index in [1.54, 1.807) is 12.1 Å². The summed E-state index contributed by atoms with van der Waals surface area (Å²) in [5.74, 6) is 1.12. The van der Waals surface area contributed by atoms with Gasteiger partial charge in [0.2, 0.25) is 0 Å². The molecule has 4 nitrogen and oxygen atoms in total. The van der Waals surface area contributed by atoms with Crippen LogP contribution in [0.15, 0.2) is 48.5 Å². The standard InChI is InChI=1S/C17H17N3O/c1-12-17(20-16-5-3-2-4-15(16)19-12)18-11-10-13-6-8-14(21)9-7-13/h2-9,21H,10-11H2,1H3,(H,18,20). The number of phenols is 1. The quantitative estimate of drug-likeness (QED) is 0.769. The summed E-state index contributed by atoms with van der Waals surface area (Å²) in [6.07, 6.45) is 0.869. The van der Waals surface area contributed by atoms with Crippen LogP contribution in [0.25, 0.3) is 11.0 Å². The molecular formula is C17H17N3O. The third kappa shape index (κ3) is 3.11. The van der Waals surface area contributed by atoms with Gasteiger partial charge in [-0.3, -0.25) is 0 Å². The maximum absolute atomic E-state index is 9.26. The fourth-order valence-corrected chi connectivity index (χ4v) is 2.24. The molecule has 0 aliphatic rings. The van der Waals surface area contributed by atoms with Crippen molar-refractivity contribution < 1.29 is 5.11 Å². The number of aromatic hydroxyl groups is 1. The smallest absolute Gasteiger partial charge is 0.148 e. The minimum atomic E-state index is 0.294. The van der Waals surface area contributed by atoms with Crippen molar-refractivity contribution in [1.82, 2.24) is 9.97 Å². The molecule has 0 spiro atoms. The van der Waals surface area contributed by atoms with Crippen molar-refractivity contribution >= 4 is 16.9 Å². The van der Waals surface area contributed by atoms with Gasteiger partial charge >= 0.3 is 0 Å². The fourth-order valence-electron chi connectivity index (χ4n) is 2.24. The van der Waals surface area contributed by atoms with Gasteiger partial charge in [0, 0.05) is 6.54 Å². The van der Waals surface area contributed by atoms with Crippen molar-refractivity contribution in [3.63, 3.8) is 0 Å². The molecule has 0 amide bonds. The van der Waals surface area contributed by atoms with Crippen LogP contribution in [-0.4, -0.2) is 21.6 Å². The first-order chi connectivity index (χ1) is 10.2. The van der Waals surface area contributed by atoms with Gasteiger partial charge in [-0.25, -0.2) is 9.97 Å². The first kappa shape index (κ1) is 13.4. The number of hydrogen-bond acceptors (Lipinski definition) is 4. The van der Waals surface area contributed by atoms with E-state index >= 15 is 0 Å². The molecule has 3 rings (SSSR count). The van der Waals surface area contributed by atoms with Gasteiger partial charge in [-0.2, -0.15) is 0 Å². The van der Waals surface area contributed by atoms with E-state index in [-0.39, 0.29) is 0 Å². The predicted octanol–water partition coefficient (Wildman–Crippen LogP) is 3.30. The van der Waals surface area contributed by atoms with E-state index in [0.717, 1.165) is 35.5 Å². The Morgan fingerprint density at radius 1 is 0.952 bits per heavy atom. The second kappa shape index (κ2) is 5.79. The van der Waals surface area contributed by atoms with E-state index in [0.29, 0.717) is 5.75 Å². The van der Waals surface area contributed by atoms with E-state index in [2.05, 4.69) is 15.3 Å². The summed E-state index contributed by atoms with van der Waals surface area (Å²) in [6, 6.07) is 15.1. The van der Waals surface area contributed by atoms with Gasteiger partial charge in [-0.05, 0) is 43.2 Å². The summed E-state index contributed by atoms with van der Waals surface area (Å²) in [4.78, 5) is 9.16. The molecule has 1 aromatic heterocycles. The fraction of sp³-hybridized carbons (Fsp3) is 0.176. The van der Waals surface area contributed by atoms with Gasteiger partial charge < -0.3 is 10.4 Å². The Hall–Kier alpha value is -2.62. The highest BCUT2D eigenvalue weighted by molar-refractivity contribution is 5.76. The number of phenolic OH excluding ortho intramolecular Hbond substituents is 1. The zero-order valence-corrected chi connectivity index (χ0v) is 11.9. The second-order valence-electron chi connectivity index (χ2n) is 4.99. The molecule has 0 bridgehead atoms. The molecule has 0 fully saturated rings.